The summed E-state index contributed by atoms with van der Waals surface area (Å²) in [7, 11) is 3.95. The topological polar surface area (TPSA) is 61.3 Å². The summed E-state index contributed by atoms with van der Waals surface area (Å²) in [6.07, 6.45) is 4.84. The molecule has 3 rings (SSSR count). The quantitative estimate of drug-likeness (QED) is 0.701. The lowest BCUT2D eigenvalue weighted by atomic mass is 10.1. The molecule has 2 aromatic heterocycles. The van der Waals surface area contributed by atoms with Crippen molar-refractivity contribution in [2.75, 3.05) is 20.6 Å². The van der Waals surface area contributed by atoms with E-state index in [1.54, 1.807) is 6.26 Å². The number of nitrogens with one attached hydrogen (secondary N) is 2. The van der Waals surface area contributed by atoms with Crippen molar-refractivity contribution in [3.8, 4) is 0 Å². The molecule has 2 heterocycles. The van der Waals surface area contributed by atoms with Crippen LogP contribution in [0.3, 0.4) is 0 Å². The Morgan fingerprint density at radius 3 is 2.83 bits per heavy atom. The number of aromatic amines is 1. The maximum Gasteiger partial charge on any atom is 0.220 e. The average Bonchev–Trinajstić information content (AvgIpc) is 3.23. The van der Waals surface area contributed by atoms with Crippen LogP contribution in [0.1, 0.15) is 23.8 Å². The zero-order valence-corrected chi connectivity index (χ0v) is 14.1. The molecule has 1 atom stereocenters. The molecule has 5 nitrogen and oxygen atoms in total. The van der Waals surface area contributed by atoms with Crippen LogP contribution in [0.4, 0.5) is 0 Å². The number of hydrogen-bond acceptors (Lipinski definition) is 3. The summed E-state index contributed by atoms with van der Waals surface area (Å²) in [6, 6.07) is 12.0. The molecule has 5 heteroatoms. The van der Waals surface area contributed by atoms with Gasteiger partial charge in [-0.3, -0.25) is 9.69 Å². The molecule has 0 fully saturated rings. The molecule has 0 radical (unpaired) electrons. The second kappa shape index (κ2) is 7.36. The van der Waals surface area contributed by atoms with Gasteiger partial charge in [-0.1, -0.05) is 18.2 Å². The van der Waals surface area contributed by atoms with Crippen LogP contribution >= 0.6 is 0 Å². The van der Waals surface area contributed by atoms with Gasteiger partial charge in [-0.25, -0.2) is 0 Å². The van der Waals surface area contributed by atoms with Crippen molar-refractivity contribution in [3.05, 3.63) is 60.2 Å². The number of nitrogens with zero attached hydrogens (tertiary/aromatic N) is 1. The Bertz CT molecular complexity index is 790. The number of furan rings is 1. The lowest BCUT2D eigenvalue weighted by molar-refractivity contribution is -0.121. The van der Waals surface area contributed by atoms with E-state index in [0.717, 1.165) is 17.7 Å². The lowest BCUT2D eigenvalue weighted by Crippen LogP contribution is -2.34. The minimum Gasteiger partial charge on any atom is -0.468 e. The number of para-hydroxylation sites is 1. The van der Waals surface area contributed by atoms with E-state index in [9.17, 15) is 4.79 Å². The number of carbonyl (C=O) groups is 1. The van der Waals surface area contributed by atoms with E-state index in [0.29, 0.717) is 13.0 Å². The number of aromatic nitrogens is 1. The van der Waals surface area contributed by atoms with Gasteiger partial charge in [-0.15, -0.1) is 0 Å². The smallest absolute Gasteiger partial charge is 0.220 e. The maximum atomic E-state index is 12.2. The highest BCUT2D eigenvalue weighted by atomic mass is 16.3. The molecule has 0 aliphatic heterocycles. The van der Waals surface area contributed by atoms with Crippen LogP contribution in [0, 0.1) is 0 Å². The third-order valence-electron chi connectivity index (χ3n) is 4.28. The number of carbonyl (C=O) groups excluding carboxylic acids is 1. The number of H-pyrrole nitrogens is 1. The minimum atomic E-state index is 0.0389. The molecule has 1 amide bonds. The SMILES string of the molecule is CN(C)C(CNC(=O)CCc1c[nH]c2ccccc12)c1ccco1. The third-order valence-corrected chi connectivity index (χ3v) is 4.28. The fourth-order valence-corrected chi connectivity index (χ4v) is 2.90. The van der Waals surface area contributed by atoms with Gasteiger partial charge in [-0.05, 0) is 44.3 Å². The highest BCUT2D eigenvalue weighted by Gasteiger charge is 2.17. The van der Waals surface area contributed by atoms with Crippen molar-refractivity contribution in [3.63, 3.8) is 0 Å². The highest BCUT2D eigenvalue weighted by molar-refractivity contribution is 5.84. The molecule has 0 aliphatic carbocycles. The number of fused-ring (bicyclic) bond motifs is 1. The van der Waals surface area contributed by atoms with E-state index in [1.165, 1.54) is 10.9 Å². The zero-order chi connectivity index (χ0) is 16.9. The largest absolute Gasteiger partial charge is 0.468 e. The summed E-state index contributed by atoms with van der Waals surface area (Å²) < 4.78 is 5.46. The summed E-state index contributed by atoms with van der Waals surface area (Å²) in [6.45, 7) is 0.535. The second-order valence-corrected chi connectivity index (χ2v) is 6.16. The summed E-state index contributed by atoms with van der Waals surface area (Å²) >= 11 is 0. The molecule has 1 aromatic carbocycles. The fraction of sp³-hybridized carbons (Fsp3) is 0.316. The molecular formula is C19H23N3O2. The lowest BCUT2D eigenvalue weighted by Gasteiger charge is -2.22. The Kier molecular flexibility index (Phi) is 5.01. The monoisotopic (exact) mass is 325 g/mol. The number of benzene rings is 1. The summed E-state index contributed by atoms with van der Waals surface area (Å²) in [5.41, 5.74) is 2.29. The molecule has 0 saturated carbocycles. The Morgan fingerprint density at radius 1 is 1.25 bits per heavy atom. The van der Waals surface area contributed by atoms with Crippen molar-refractivity contribution in [1.82, 2.24) is 15.2 Å². The minimum absolute atomic E-state index is 0.0389. The van der Waals surface area contributed by atoms with E-state index in [4.69, 9.17) is 4.42 Å². The van der Waals surface area contributed by atoms with Gasteiger partial charge in [0.15, 0.2) is 0 Å². The van der Waals surface area contributed by atoms with E-state index in [1.807, 2.05) is 55.5 Å². The zero-order valence-electron chi connectivity index (χ0n) is 14.1. The van der Waals surface area contributed by atoms with Crippen LogP contribution in [0.25, 0.3) is 10.9 Å². The Labute approximate surface area is 141 Å². The molecule has 0 spiro atoms. The molecule has 0 bridgehead atoms. The van der Waals surface area contributed by atoms with E-state index >= 15 is 0 Å². The van der Waals surface area contributed by atoms with E-state index < -0.39 is 0 Å². The molecule has 2 N–H and O–H groups in total. The number of rotatable bonds is 7. The second-order valence-electron chi connectivity index (χ2n) is 6.16. The predicted molar refractivity (Wildman–Crippen MR) is 94.8 cm³/mol. The van der Waals surface area contributed by atoms with Gasteiger partial charge >= 0.3 is 0 Å². The Morgan fingerprint density at radius 2 is 2.08 bits per heavy atom. The maximum absolute atomic E-state index is 12.2. The van der Waals surface area contributed by atoms with Crippen LogP contribution in [-0.4, -0.2) is 36.4 Å². The van der Waals surface area contributed by atoms with Crippen LogP contribution in [0.5, 0.6) is 0 Å². The van der Waals surface area contributed by atoms with Crippen molar-refractivity contribution in [2.45, 2.75) is 18.9 Å². The first-order valence-corrected chi connectivity index (χ1v) is 8.16. The predicted octanol–water partition coefficient (Wildman–Crippen LogP) is 3.11. The van der Waals surface area contributed by atoms with E-state index in [-0.39, 0.29) is 11.9 Å². The van der Waals surface area contributed by atoms with Gasteiger partial charge in [0.1, 0.15) is 5.76 Å². The molecule has 0 aliphatic rings. The first-order valence-electron chi connectivity index (χ1n) is 8.16. The number of likely N-dealkylation sites (N-methyl/N-ethyl adjacent to an activating group) is 1. The summed E-state index contributed by atoms with van der Waals surface area (Å²) in [5.74, 6) is 0.913. The van der Waals surface area contributed by atoms with Crippen molar-refractivity contribution >= 4 is 16.8 Å². The number of hydrogen-bond donors (Lipinski definition) is 2. The molecule has 0 saturated heterocycles. The first-order chi connectivity index (χ1) is 11.6. The van der Waals surface area contributed by atoms with Crippen molar-refractivity contribution < 1.29 is 9.21 Å². The third kappa shape index (κ3) is 3.68. The van der Waals surface area contributed by atoms with Gasteiger partial charge in [0.2, 0.25) is 5.91 Å². The van der Waals surface area contributed by atoms with Gasteiger partial charge in [-0.2, -0.15) is 0 Å². The molecule has 24 heavy (non-hydrogen) atoms. The van der Waals surface area contributed by atoms with Crippen molar-refractivity contribution in [1.29, 1.82) is 0 Å². The molecule has 3 aromatic rings. The van der Waals surface area contributed by atoms with Crippen LogP contribution in [-0.2, 0) is 11.2 Å². The van der Waals surface area contributed by atoms with Crippen molar-refractivity contribution in [2.24, 2.45) is 0 Å². The number of aryl methyl sites for hydroxylation is 1. The van der Waals surface area contributed by atoms with Gasteiger partial charge in [0.25, 0.3) is 0 Å². The van der Waals surface area contributed by atoms with E-state index in [2.05, 4.69) is 16.4 Å². The standard InChI is InChI=1S/C19H23N3O2/c1-22(2)17(18-8-5-11-24-18)13-21-19(23)10-9-14-12-20-16-7-4-3-6-15(14)16/h3-8,11-12,17,20H,9-10,13H2,1-2H3,(H,21,23). The Hall–Kier alpha value is -2.53. The van der Waals surface area contributed by atoms with Gasteiger partial charge in [0.05, 0.1) is 12.3 Å². The highest BCUT2D eigenvalue weighted by Crippen LogP contribution is 2.19. The molecule has 1 unspecified atom stereocenters. The van der Waals surface area contributed by atoms with Gasteiger partial charge in [0, 0.05) is 30.1 Å². The Balaban J connectivity index is 1.54. The first kappa shape index (κ1) is 16.3. The fourth-order valence-electron chi connectivity index (χ4n) is 2.90. The van der Waals surface area contributed by atoms with Crippen LogP contribution < -0.4 is 5.32 Å². The molecule has 126 valence electrons. The van der Waals surface area contributed by atoms with Crippen LogP contribution in [0.2, 0.25) is 0 Å². The normalized spacial score (nSPS) is 12.6. The van der Waals surface area contributed by atoms with Gasteiger partial charge < -0.3 is 14.7 Å². The summed E-state index contributed by atoms with van der Waals surface area (Å²) in [4.78, 5) is 17.5. The average molecular weight is 325 g/mol. The molecular weight excluding hydrogens is 302 g/mol. The van der Waals surface area contributed by atoms with Crippen LogP contribution in [0.15, 0.2) is 53.3 Å². The summed E-state index contributed by atoms with van der Waals surface area (Å²) in [5, 5.41) is 4.20. The number of amides is 1.